The predicted molar refractivity (Wildman–Crippen MR) is 120 cm³/mol. The molecule has 0 aliphatic carbocycles. The van der Waals surface area contributed by atoms with Gasteiger partial charge in [-0.25, -0.2) is 4.98 Å². The lowest BCUT2D eigenvalue weighted by Gasteiger charge is -2.21. The van der Waals surface area contributed by atoms with Crippen molar-refractivity contribution in [3.8, 4) is 0 Å². The van der Waals surface area contributed by atoms with Crippen LogP contribution in [0.25, 0.3) is 10.2 Å². The number of halogens is 2. The largest absolute Gasteiger partial charge is 0.309 e. The van der Waals surface area contributed by atoms with E-state index in [0.717, 1.165) is 23.2 Å². The molecule has 0 bridgehead atoms. The van der Waals surface area contributed by atoms with Crippen LogP contribution >= 0.6 is 35.3 Å². The van der Waals surface area contributed by atoms with Gasteiger partial charge in [-0.2, -0.15) is 0 Å². The van der Waals surface area contributed by atoms with Gasteiger partial charge in [0.05, 0.1) is 15.1 Å². The number of nitro groups is 1. The normalized spacial score (nSPS) is 10.8. The van der Waals surface area contributed by atoms with Crippen molar-refractivity contribution in [2.75, 3.05) is 32.1 Å². The molecule has 0 radical (unpaired) electrons. The average molecular weight is 455 g/mol. The van der Waals surface area contributed by atoms with Crippen molar-refractivity contribution in [2.45, 2.75) is 6.42 Å². The van der Waals surface area contributed by atoms with Gasteiger partial charge in [-0.1, -0.05) is 29.0 Å². The van der Waals surface area contributed by atoms with Gasteiger partial charge in [0.1, 0.15) is 0 Å². The minimum atomic E-state index is -0.507. The zero-order chi connectivity index (χ0) is 20.3. The van der Waals surface area contributed by atoms with Crippen LogP contribution in [-0.4, -0.2) is 47.9 Å². The van der Waals surface area contributed by atoms with Gasteiger partial charge in [0, 0.05) is 29.3 Å². The molecule has 0 atom stereocenters. The number of aromatic nitrogens is 1. The van der Waals surface area contributed by atoms with Crippen LogP contribution in [0.3, 0.4) is 0 Å². The van der Waals surface area contributed by atoms with Crippen LogP contribution in [0.5, 0.6) is 0 Å². The van der Waals surface area contributed by atoms with Crippen molar-refractivity contribution >= 4 is 62.3 Å². The van der Waals surface area contributed by atoms with E-state index in [4.69, 9.17) is 11.6 Å². The summed E-state index contributed by atoms with van der Waals surface area (Å²) in [7, 11) is 3.93. The van der Waals surface area contributed by atoms with Crippen molar-refractivity contribution in [3.05, 3.63) is 63.2 Å². The van der Waals surface area contributed by atoms with E-state index in [9.17, 15) is 14.9 Å². The van der Waals surface area contributed by atoms with E-state index < -0.39 is 4.92 Å². The highest BCUT2D eigenvalue weighted by molar-refractivity contribution is 7.22. The quantitative estimate of drug-likeness (QED) is 0.375. The van der Waals surface area contributed by atoms with Crippen LogP contribution in [0.2, 0.25) is 5.02 Å². The maximum Gasteiger partial charge on any atom is 0.270 e. The number of hydrogen-bond donors (Lipinski definition) is 0. The van der Waals surface area contributed by atoms with E-state index in [1.807, 2.05) is 31.1 Å². The minimum Gasteiger partial charge on any atom is -0.309 e. The molecule has 3 aromatic rings. The number of rotatable bonds is 7. The monoisotopic (exact) mass is 454 g/mol. The third kappa shape index (κ3) is 5.63. The third-order valence-electron chi connectivity index (χ3n) is 4.11. The average Bonchev–Trinajstić information content (AvgIpc) is 3.07. The van der Waals surface area contributed by atoms with E-state index in [1.54, 1.807) is 17.0 Å². The highest BCUT2D eigenvalue weighted by atomic mass is 35.5. The van der Waals surface area contributed by atoms with Gasteiger partial charge in [0.25, 0.3) is 11.6 Å². The summed E-state index contributed by atoms with van der Waals surface area (Å²) in [4.78, 5) is 31.9. The molecular formula is C19H20Cl2N4O3S. The third-order valence-corrected chi connectivity index (χ3v) is 5.38. The molecule has 29 heavy (non-hydrogen) atoms. The summed E-state index contributed by atoms with van der Waals surface area (Å²) >= 11 is 7.43. The fraction of sp³-hybridized carbons (Fsp3) is 0.263. The standard InChI is InChI=1S/C19H19ClN4O3S.ClH/c1-22(2)9-4-10-23(18(25)13-5-3-6-15(11-13)24(26)27)19-21-16-8-7-14(20)12-17(16)28-19;/h3,5-8,11-12H,4,9-10H2,1-2H3;1H. The summed E-state index contributed by atoms with van der Waals surface area (Å²) in [6, 6.07) is 11.1. The van der Waals surface area contributed by atoms with Crippen molar-refractivity contribution in [1.29, 1.82) is 0 Å². The van der Waals surface area contributed by atoms with E-state index in [-0.39, 0.29) is 29.6 Å². The Morgan fingerprint density at radius 3 is 2.66 bits per heavy atom. The number of carbonyl (C=O) groups excluding carboxylic acids is 1. The first kappa shape index (κ1) is 23.0. The summed E-state index contributed by atoms with van der Waals surface area (Å²) in [6.45, 7) is 1.25. The van der Waals surface area contributed by atoms with Crippen molar-refractivity contribution < 1.29 is 9.72 Å². The van der Waals surface area contributed by atoms with Gasteiger partial charge in [-0.05, 0) is 51.3 Å². The zero-order valence-corrected chi connectivity index (χ0v) is 18.3. The van der Waals surface area contributed by atoms with Crippen LogP contribution in [0.4, 0.5) is 10.8 Å². The van der Waals surface area contributed by atoms with Crippen LogP contribution in [0, 0.1) is 10.1 Å². The molecule has 0 unspecified atom stereocenters. The SMILES string of the molecule is CN(C)CCCN(C(=O)c1cccc([N+](=O)[O-])c1)c1nc2ccc(Cl)cc2s1.Cl. The van der Waals surface area contributed by atoms with Gasteiger partial charge in [-0.3, -0.25) is 19.8 Å². The predicted octanol–water partition coefficient (Wildman–Crippen LogP) is 4.88. The lowest BCUT2D eigenvalue weighted by molar-refractivity contribution is -0.384. The summed E-state index contributed by atoms with van der Waals surface area (Å²) in [6.07, 6.45) is 0.740. The van der Waals surface area contributed by atoms with E-state index in [2.05, 4.69) is 4.98 Å². The van der Waals surface area contributed by atoms with E-state index in [0.29, 0.717) is 16.7 Å². The molecule has 0 saturated heterocycles. The summed E-state index contributed by atoms with van der Waals surface area (Å²) in [5, 5.41) is 12.2. The number of nitrogens with zero attached hydrogens (tertiary/aromatic N) is 4. The molecule has 0 spiro atoms. The molecule has 7 nitrogen and oxygen atoms in total. The zero-order valence-electron chi connectivity index (χ0n) is 15.9. The Balaban J connectivity index is 0.00000300. The molecule has 0 fully saturated rings. The minimum absolute atomic E-state index is 0. The van der Waals surface area contributed by atoms with Gasteiger partial charge < -0.3 is 4.90 Å². The summed E-state index contributed by atoms with van der Waals surface area (Å²) in [5.41, 5.74) is 0.903. The van der Waals surface area contributed by atoms with Crippen molar-refractivity contribution in [1.82, 2.24) is 9.88 Å². The Hall–Kier alpha value is -2.26. The van der Waals surface area contributed by atoms with Crippen molar-refractivity contribution in [3.63, 3.8) is 0 Å². The second kappa shape index (κ2) is 9.98. The first-order chi connectivity index (χ1) is 13.3. The maximum absolute atomic E-state index is 13.2. The number of hydrogen-bond acceptors (Lipinski definition) is 6. The van der Waals surface area contributed by atoms with Crippen LogP contribution < -0.4 is 4.90 Å². The summed E-state index contributed by atoms with van der Waals surface area (Å²) < 4.78 is 0.881. The second-order valence-corrected chi connectivity index (χ2v) is 7.98. The fourth-order valence-corrected chi connectivity index (χ4v) is 4.01. The Bertz CT molecular complexity index is 1030. The number of carbonyl (C=O) groups is 1. The Morgan fingerprint density at radius 1 is 1.21 bits per heavy atom. The molecule has 3 rings (SSSR count). The smallest absolute Gasteiger partial charge is 0.270 e. The first-order valence-corrected chi connectivity index (χ1v) is 9.82. The molecule has 1 heterocycles. The Morgan fingerprint density at radius 2 is 1.97 bits per heavy atom. The number of thiazole rings is 1. The van der Waals surface area contributed by atoms with Gasteiger partial charge >= 0.3 is 0 Å². The molecule has 0 aliphatic rings. The fourth-order valence-electron chi connectivity index (χ4n) is 2.74. The summed E-state index contributed by atoms with van der Waals surface area (Å²) in [5.74, 6) is -0.312. The highest BCUT2D eigenvalue weighted by Gasteiger charge is 2.22. The van der Waals surface area contributed by atoms with E-state index >= 15 is 0 Å². The van der Waals surface area contributed by atoms with Gasteiger partial charge in [0.2, 0.25) is 0 Å². The molecule has 0 N–H and O–H groups in total. The first-order valence-electron chi connectivity index (χ1n) is 8.62. The molecule has 10 heteroatoms. The maximum atomic E-state index is 13.2. The lowest BCUT2D eigenvalue weighted by atomic mass is 10.1. The molecule has 0 saturated carbocycles. The lowest BCUT2D eigenvalue weighted by Crippen LogP contribution is -2.33. The Labute approximate surface area is 183 Å². The number of fused-ring (bicyclic) bond motifs is 1. The molecular weight excluding hydrogens is 435 g/mol. The topological polar surface area (TPSA) is 79.6 Å². The van der Waals surface area contributed by atoms with Crippen LogP contribution in [0.15, 0.2) is 42.5 Å². The van der Waals surface area contributed by atoms with Crippen LogP contribution in [0.1, 0.15) is 16.8 Å². The number of nitro benzene ring substituents is 1. The van der Waals surface area contributed by atoms with Gasteiger partial charge in [-0.15, -0.1) is 12.4 Å². The van der Waals surface area contributed by atoms with Gasteiger partial charge in [0.15, 0.2) is 5.13 Å². The molecule has 2 aromatic carbocycles. The highest BCUT2D eigenvalue weighted by Crippen LogP contribution is 2.32. The number of anilines is 1. The van der Waals surface area contributed by atoms with Crippen LogP contribution in [-0.2, 0) is 0 Å². The number of benzene rings is 2. The molecule has 1 aromatic heterocycles. The molecule has 154 valence electrons. The second-order valence-electron chi connectivity index (χ2n) is 6.53. The number of non-ortho nitro benzene ring substituents is 1. The molecule has 0 aliphatic heterocycles. The number of amides is 1. The van der Waals surface area contributed by atoms with E-state index in [1.165, 1.54) is 29.5 Å². The van der Waals surface area contributed by atoms with Crippen molar-refractivity contribution in [2.24, 2.45) is 0 Å². The molecule has 1 amide bonds. The Kier molecular flexibility index (Phi) is 7.92.